The zero-order chi connectivity index (χ0) is 12.3. The van der Waals surface area contributed by atoms with Crippen molar-refractivity contribution in [3.63, 3.8) is 0 Å². The second-order valence-electron chi connectivity index (χ2n) is 4.29. The van der Waals surface area contributed by atoms with Gasteiger partial charge in [-0.1, -0.05) is 19.0 Å². The van der Waals surface area contributed by atoms with Crippen molar-refractivity contribution in [3.05, 3.63) is 11.7 Å². The smallest absolute Gasteiger partial charge is 0.231 e. The Balaban J connectivity index is 2.04. The number of rotatable bonds is 4. The van der Waals surface area contributed by atoms with Crippen molar-refractivity contribution < 1.29 is 4.52 Å². The number of nitrogens with two attached hydrogens (primary N) is 1. The zero-order valence-electron chi connectivity index (χ0n) is 10.3. The molecule has 0 spiro atoms. The number of aromatic nitrogens is 2. The first kappa shape index (κ1) is 13.2. The lowest BCUT2D eigenvalue weighted by Gasteiger charge is -2.17. The standard InChI is InChI=1S/C11H19N3OS2/c1-3-8(12)7(2)11-13-10(14-15-11)9-6-16-4-5-17-9/h7-9H,3-6,12H2,1-2H3. The van der Waals surface area contributed by atoms with E-state index in [2.05, 4.69) is 17.1 Å². The number of nitrogens with zero attached hydrogens (tertiary/aromatic N) is 2. The molecule has 0 bridgehead atoms. The predicted molar refractivity (Wildman–Crippen MR) is 73.5 cm³/mol. The molecule has 1 aliphatic rings. The monoisotopic (exact) mass is 273 g/mol. The van der Waals surface area contributed by atoms with E-state index in [0.29, 0.717) is 11.1 Å². The normalized spacial score (nSPS) is 24.5. The van der Waals surface area contributed by atoms with E-state index in [1.807, 2.05) is 30.4 Å². The predicted octanol–water partition coefficient (Wildman–Crippen LogP) is 2.43. The minimum Gasteiger partial charge on any atom is -0.339 e. The number of hydrogen-bond acceptors (Lipinski definition) is 6. The van der Waals surface area contributed by atoms with Gasteiger partial charge in [-0.15, -0.1) is 11.8 Å². The average molecular weight is 273 g/mol. The average Bonchev–Trinajstić information content (AvgIpc) is 2.87. The highest BCUT2D eigenvalue weighted by Crippen LogP contribution is 2.35. The molecule has 0 aliphatic carbocycles. The molecule has 1 aromatic heterocycles. The lowest BCUT2D eigenvalue weighted by molar-refractivity contribution is 0.337. The Kier molecular flexibility index (Phi) is 4.76. The van der Waals surface area contributed by atoms with Gasteiger partial charge in [-0.2, -0.15) is 16.7 Å². The highest BCUT2D eigenvalue weighted by Gasteiger charge is 2.25. The van der Waals surface area contributed by atoms with E-state index >= 15 is 0 Å². The molecule has 0 amide bonds. The summed E-state index contributed by atoms with van der Waals surface area (Å²) in [6.45, 7) is 4.13. The van der Waals surface area contributed by atoms with Crippen molar-refractivity contribution in [2.24, 2.45) is 5.73 Å². The van der Waals surface area contributed by atoms with Crippen molar-refractivity contribution >= 4 is 23.5 Å². The van der Waals surface area contributed by atoms with Crippen LogP contribution in [0.3, 0.4) is 0 Å². The van der Waals surface area contributed by atoms with Crippen LogP contribution in [0.1, 0.15) is 43.2 Å². The van der Waals surface area contributed by atoms with Crippen molar-refractivity contribution in [3.8, 4) is 0 Å². The van der Waals surface area contributed by atoms with Gasteiger partial charge in [0.1, 0.15) is 0 Å². The third-order valence-electron chi connectivity index (χ3n) is 3.06. The van der Waals surface area contributed by atoms with Gasteiger partial charge in [0.25, 0.3) is 0 Å². The van der Waals surface area contributed by atoms with Crippen LogP contribution in [0.25, 0.3) is 0 Å². The van der Waals surface area contributed by atoms with Gasteiger partial charge in [0.05, 0.1) is 11.2 Å². The Hall–Kier alpha value is -0.200. The molecule has 17 heavy (non-hydrogen) atoms. The highest BCUT2D eigenvalue weighted by molar-refractivity contribution is 8.06. The summed E-state index contributed by atoms with van der Waals surface area (Å²) >= 11 is 3.88. The molecule has 0 saturated carbocycles. The summed E-state index contributed by atoms with van der Waals surface area (Å²) in [6, 6.07) is 0.0942. The molecule has 0 aromatic carbocycles. The topological polar surface area (TPSA) is 64.9 Å². The molecule has 3 atom stereocenters. The van der Waals surface area contributed by atoms with Gasteiger partial charge >= 0.3 is 0 Å². The molecule has 2 heterocycles. The first-order valence-corrected chi connectivity index (χ1v) is 8.21. The maximum atomic E-state index is 6.00. The van der Waals surface area contributed by atoms with Crippen LogP contribution < -0.4 is 5.73 Å². The molecule has 0 radical (unpaired) electrons. The van der Waals surface area contributed by atoms with E-state index in [0.717, 1.165) is 18.0 Å². The minimum atomic E-state index is 0.0942. The molecule has 96 valence electrons. The summed E-state index contributed by atoms with van der Waals surface area (Å²) in [5.41, 5.74) is 6.00. The Labute approximate surface area is 110 Å². The summed E-state index contributed by atoms with van der Waals surface area (Å²) < 4.78 is 5.34. The Morgan fingerprint density at radius 3 is 3.00 bits per heavy atom. The Bertz CT molecular complexity index is 336. The van der Waals surface area contributed by atoms with Crippen molar-refractivity contribution in [1.29, 1.82) is 0 Å². The second kappa shape index (κ2) is 6.11. The third kappa shape index (κ3) is 3.17. The highest BCUT2D eigenvalue weighted by atomic mass is 32.2. The minimum absolute atomic E-state index is 0.0942. The van der Waals surface area contributed by atoms with E-state index in [9.17, 15) is 0 Å². The van der Waals surface area contributed by atoms with E-state index in [1.165, 1.54) is 11.5 Å². The Morgan fingerprint density at radius 2 is 2.35 bits per heavy atom. The molecule has 1 saturated heterocycles. The summed E-state index contributed by atoms with van der Waals surface area (Å²) in [5.74, 6) is 5.14. The molecule has 3 unspecified atom stereocenters. The van der Waals surface area contributed by atoms with Crippen LogP contribution >= 0.6 is 23.5 Å². The summed E-state index contributed by atoms with van der Waals surface area (Å²) in [7, 11) is 0. The van der Waals surface area contributed by atoms with Crippen LogP contribution in [0, 0.1) is 0 Å². The molecule has 2 rings (SSSR count). The third-order valence-corrected chi connectivity index (χ3v) is 5.82. The fraction of sp³-hybridized carbons (Fsp3) is 0.818. The lowest BCUT2D eigenvalue weighted by Crippen LogP contribution is -2.25. The first-order chi connectivity index (χ1) is 8.22. The van der Waals surface area contributed by atoms with Crippen molar-refractivity contribution in [2.45, 2.75) is 37.5 Å². The van der Waals surface area contributed by atoms with Crippen LogP contribution in [0.2, 0.25) is 0 Å². The SMILES string of the molecule is CCC(N)C(C)c1nc(C2CSCCS2)no1. The maximum absolute atomic E-state index is 6.00. The Morgan fingerprint density at radius 1 is 1.53 bits per heavy atom. The first-order valence-electron chi connectivity index (χ1n) is 6.00. The van der Waals surface area contributed by atoms with E-state index < -0.39 is 0 Å². The lowest BCUT2D eigenvalue weighted by atomic mass is 10.0. The molecular formula is C11H19N3OS2. The fourth-order valence-electron chi connectivity index (χ4n) is 1.74. The maximum Gasteiger partial charge on any atom is 0.231 e. The van der Waals surface area contributed by atoms with Gasteiger partial charge in [0.15, 0.2) is 5.82 Å². The van der Waals surface area contributed by atoms with Crippen LogP contribution in [0.4, 0.5) is 0 Å². The molecule has 1 aromatic rings. The summed E-state index contributed by atoms with van der Waals surface area (Å²) in [4.78, 5) is 4.51. The fourth-order valence-corrected chi connectivity index (χ4v) is 4.33. The van der Waals surface area contributed by atoms with Crippen molar-refractivity contribution in [1.82, 2.24) is 10.1 Å². The molecule has 1 aliphatic heterocycles. The molecule has 6 heteroatoms. The molecule has 2 N–H and O–H groups in total. The van der Waals surface area contributed by atoms with Crippen LogP contribution in [0.5, 0.6) is 0 Å². The van der Waals surface area contributed by atoms with Gasteiger partial charge in [-0.3, -0.25) is 0 Å². The van der Waals surface area contributed by atoms with Gasteiger partial charge in [-0.25, -0.2) is 0 Å². The number of hydrogen-bond donors (Lipinski definition) is 1. The largest absolute Gasteiger partial charge is 0.339 e. The molecule has 1 fully saturated rings. The zero-order valence-corrected chi connectivity index (χ0v) is 11.9. The van der Waals surface area contributed by atoms with Crippen LogP contribution in [-0.2, 0) is 0 Å². The van der Waals surface area contributed by atoms with Gasteiger partial charge in [0, 0.05) is 23.3 Å². The van der Waals surface area contributed by atoms with Gasteiger partial charge in [-0.05, 0) is 6.42 Å². The summed E-state index contributed by atoms with van der Waals surface area (Å²) in [6.07, 6.45) is 0.924. The van der Waals surface area contributed by atoms with Crippen LogP contribution in [0.15, 0.2) is 4.52 Å². The molecular weight excluding hydrogens is 254 g/mol. The van der Waals surface area contributed by atoms with E-state index in [1.54, 1.807) is 0 Å². The quantitative estimate of drug-likeness (QED) is 0.909. The van der Waals surface area contributed by atoms with Gasteiger partial charge < -0.3 is 10.3 Å². The summed E-state index contributed by atoms with van der Waals surface area (Å²) in [5, 5.41) is 4.49. The van der Waals surface area contributed by atoms with Gasteiger partial charge in [0.2, 0.25) is 5.89 Å². The number of thioether (sulfide) groups is 2. The van der Waals surface area contributed by atoms with Crippen molar-refractivity contribution in [2.75, 3.05) is 17.3 Å². The second-order valence-corrected chi connectivity index (χ2v) is 6.75. The molecule has 4 nitrogen and oxygen atoms in total. The van der Waals surface area contributed by atoms with Crippen LogP contribution in [-0.4, -0.2) is 33.4 Å². The van der Waals surface area contributed by atoms with E-state index in [-0.39, 0.29) is 12.0 Å². The van der Waals surface area contributed by atoms with E-state index in [4.69, 9.17) is 10.3 Å².